The fraction of sp³-hybridized carbons (Fsp3) is 0.833. The van der Waals surface area contributed by atoms with Gasteiger partial charge in [0.2, 0.25) is 5.78 Å². The van der Waals surface area contributed by atoms with Crippen LogP contribution in [0.3, 0.4) is 0 Å². The number of hydrogen-bond donors (Lipinski definition) is 4. The average molecular weight is 445 g/mol. The standard InChI is InChI=1S/C24H44O7/c1-2-3-4-5-6-7-8-9-10-11-12-13-14-15-16-17-22(29)31-24(21(28)19-26)23(30)20(27)18-25/h9-10,20,23-27,30H,2-8,11-19H2,1H3/b10-9-/t20-,23+,24+/m0/s1. The van der Waals surface area contributed by atoms with Crippen LogP contribution in [0.2, 0.25) is 0 Å². The lowest BCUT2D eigenvalue weighted by atomic mass is 10.0. The molecule has 0 aromatic rings. The maximum atomic E-state index is 11.9. The van der Waals surface area contributed by atoms with Gasteiger partial charge in [-0.25, -0.2) is 0 Å². The van der Waals surface area contributed by atoms with Gasteiger partial charge in [0.1, 0.15) is 18.8 Å². The Kier molecular flexibility index (Phi) is 19.8. The lowest BCUT2D eigenvalue weighted by Crippen LogP contribution is -2.47. The molecule has 0 fully saturated rings. The van der Waals surface area contributed by atoms with Crippen molar-refractivity contribution in [3.05, 3.63) is 12.2 Å². The summed E-state index contributed by atoms with van der Waals surface area (Å²) in [5.74, 6) is -1.59. The van der Waals surface area contributed by atoms with E-state index in [1.54, 1.807) is 0 Å². The lowest BCUT2D eigenvalue weighted by Gasteiger charge is -2.24. The van der Waals surface area contributed by atoms with E-state index in [9.17, 15) is 19.8 Å². The highest BCUT2D eigenvalue weighted by atomic mass is 16.6. The molecule has 0 heterocycles. The van der Waals surface area contributed by atoms with Gasteiger partial charge in [-0.05, 0) is 32.1 Å². The molecule has 31 heavy (non-hydrogen) atoms. The van der Waals surface area contributed by atoms with Crippen LogP contribution < -0.4 is 0 Å². The van der Waals surface area contributed by atoms with Crippen molar-refractivity contribution >= 4 is 11.8 Å². The quantitative estimate of drug-likeness (QED) is 0.122. The number of carbonyl (C=O) groups is 2. The molecule has 0 saturated carbocycles. The molecule has 3 atom stereocenters. The van der Waals surface area contributed by atoms with Crippen molar-refractivity contribution in [2.24, 2.45) is 0 Å². The molecule has 0 bridgehead atoms. The number of aliphatic hydroxyl groups excluding tert-OH is 4. The second kappa shape index (κ2) is 20.6. The maximum absolute atomic E-state index is 11.9. The number of aliphatic hydroxyl groups is 4. The Balaban J connectivity index is 3.78. The smallest absolute Gasteiger partial charge is 0.306 e. The molecule has 4 N–H and O–H groups in total. The minimum atomic E-state index is -1.78. The Labute approximate surface area is 187 Å². The Morgan fingerprint density at radius 2 is 1.32 bits per heavy atom. The zero-order valence-corrected chi connectivity index (χ0v) is 19.2. The third kappa shape index (κ3) is 16.1. The van der Waals surface area contributed by atoms with Crippen LogP contribution in [-0.2, 0) is 14.3 Å². The van der Waals surface area contributed by atoms with E-state index >= 15 is 0 Å². The lowest BCUT2D eigenvalue weighted by molar-refractivity contribution is -0.169. The molecule has 0 amide bonds. The number of unbranched alkanes of at least 4 members (excludes halogenated alkanes) is 11. The van der Waals surface area contributed by atoms with E-state index in [1.807, 2.05) is 0 Å². The molecule has 0 aromatic heterocycles. The van der Waals surface area contributed by atoms with Crippen LogP contribution in [0.15, 0.2) is 12.2 Å². The van der Waals surface area contributed by atoms with E-state index in [-0.39, 0.29) is 6.42 Å². The molecule has 7 nitrogen and oxygen atoms in total. The van der Waals surface area contributed by atoms with Gasteiger partial charge in [-0.3, -0.25) is 9.59 Å². The topological polar surface area (TPSA) is 124 Å². The normalized spacial score (nSPS) is 14.5. The number of carbonyl (C=O) groups excluding carboxylic acids is 2. The number of ether oxygens (including phenoxy) is 1. The first-order valence-electron chi connectivity index (χ1n) is 11.9. The molecule has 0 spiro atoms. The highest BCUT2D eigenvalue weighted by Gasteiger charge is 2.34. The van der Waals surface area contributed by atoms with Crippen LogP contribution in [0.5, 0.6) is 0 Å². The average Bonchev–Trinajstić information content (AvgIpc) is 2.78. The molecule has 182 valence electrons. The molecule has 0 radical (unpaired) electrons. The van der Waals surface area contributed by atoms with E-state index in [2.05, 4.69) is 19.1 Å². The van der Waals surface area contributed by atoms with Crippen molar-refractivity contribution < 1.29 is 34.8 Å². The molecule has 0 aliphatic heterocycles. The van der Waals surface area contributed by atoms with E-state index in [1.165, 1.54) is 38.5 Å². The van der Waals surface area contributed by atoms with Gasteiger partial charge in [-0.2, -0.15) is 0 Å². The number of rotatable bonds is 21. The Bertz CT molecular complexity index is 479. The number of Topliss-reactive ketones (excluding diaryl/α,β-unsaturated/α-hetero) is 1. The molecular weight excluding hydrogens is 400 g/mol. The van der Waals surface area contributed by atoms with Crippen LogP contribution in [0.1, 0.15) is 96.8 Å². The van der Waals surface area contributed by atoms with E-state index in [0.29, 0.717) is 6.42 Å². The maximum Gasteiger partial charge on any atom is 0.306 e. The first-order chi connectivity index (χ1) is 15.0. The van der Waals surface area contributed by atoms with Crippen LogP contribution in [0.25, 0.3) is 0 Å². The third-order valence-electron chi connectivity index (χ3n) is 5.27. The van der Waals surface area contributed by atoms with Crippen molar-refractivity contribution in [2.75, 3.05) is 13.2 Å². The van der Waals surface area contributed by atoms with Crippen molar-refractivity contribution in [1.82, 2.24) is 0 Å². The summed E-state index contributed by atoms with van der Waals surface area (Å²) in [7, 11) is 0. The summed E-state index contributed by atoms with van der Waals surface area (Å²) in [6.45, 7) is 0.513. The van der Waals surface area contributed by atoms with Gasteiger partial charge in [-0.1, -0.05) is 70.4 Å². The largest absolute Gasteiger partial charge is 0.451 e. The van der Waals surface area contributed by atoms with Crippen LogP contribution >= 0.6 is 0 Å². The van der Waals surface area contributed by atoms with Crippen LogP contribution in [0.4, 0.5) is 0 Å². The van der Waals surface area contributed by atoms with Crippen LogP contribution in [0, 0.1) is 0 Å². The van der Waals surface area contributed by atoms with E-state index in [0.717, 1.165) is 38.5 Å². The number of ketones is 1. The molecule has 0 rings (SSSR count). The monoisotopic (exact) mass is 444 g/mol. The van der Waals surface area contributed by atoms with Gasteiger partial charge in [0.15, 0.2) is 6.10 Å². The highest BCUT2D eigenvalue weighted by Crippen LogP contribution is 2.12. The zero-order valence-electron chi connectivity index (χ0n) is 19.2. The summed E-state index contributed by atoms with van der Waals surface area (Å²) in [6, 6.07) is 0. The summed E-state index contributed by atoms with van der Waals surface area (Å²) in [5, 5.41) is 37.1. The summed E-state index contributed by atoms with van der Waals surface area (Å²) in [6.07, 6.45) is 14.4. The molecule has 0 unspecified atom stereocenters. The van der Waals surface area contributed by atoms with Crippen molar-refractivity contribution in [3.8, 4) is 0 Å². The summed E-state index contributed by atoms with van der Waals surface area (Å²) < 4.78 is 4.93. The molecule has 0 aliphatic rings. The summed E-state index contributed by atoms with van der Waals surface area (Å²) >= 11 is 0. The van der Waals surface area contributed by atoms with Crippen molar-refractivity contribution in [2.45, 2.75) is 115 Å². The summed E-state index contributed by atoms with van der Waals surface area (Å²) in [4.78, 5) is 23.5. The third-order valence-corrected chi connectivity index (χ3v) is 5.27. The van der Waals surface area contributed by atoms with Gasteiger partial charge < -0.3 is 25.2 Å². The van der Waals surface area contributed by atoms with Gasteiger partial charge in [0.05, 0.1) is 6.61 Å². The number of allylic oxidation sites excluding steroid dienone is 2. The second-order valence-electron chi connectivity index (χ2n) is 8.11. The Hall–Kier alpha value is -1.28. The van der Waals surface area contributed by atoms with Gasteiger partial charge in [0.25, 0.3) is 0 Å². The minimum Gasteiger partial charge on any atom is -0.451 e. The predicted octanol–water partition coefficient (Wildman–Crippen LogP) is 3.21. The molecule has 0 saturated heterocycles. The number of esters is 1. The molecule has 0 aromatic carbocycles. The second-order valence-corrected chi connectivity index (χ2v) is 8.11. The minimum absolute atomic E-state index is 0.0926. The van der Waals surface area contributed by atoms with E-state index < -0.39 is 43.3 Å². The van der Waals surface area contributed by atoms with Crippen LogP contribution in [-0.4, -0.2) is 63.7 Å². The zero-order chi connectivity index (χ0) is 23.3. The summed E-state index contributed by atoms with van der Waals surface area (Å²) in [5.41, 5.74) is 0. The van der Waals surface area contributed by atoms with E-state index in [4.69, 9.17) is 14.9 Å². The predicted molar refractivity (Wildman–Crippen MR) is 121 cm³/mol. The Morgan fingerprint density at radius 1 is 0.806 bits per heavy atom. The molecule has 0 aliphatic carbocycles. The van der Waals surface area contributed by atoms with Gasteiger partial charge in [-0.15, -0.1) is 0 Å². The van der Waals surface area contributed by atoms with Crippen molar-refractivity contribution in [1.29, 1.82) is 0 Å². The van der Waals surface area contributed by atoms with Crippen molar-refractivity contribution in [3.63, 3.8) is 0 Å². The first-order valence-corrected chi connectivity index (χ1v) is 11.9. The fourth-order valence-corrected chi connectivity index (χ4v) is 3.27. The Morgan fingerprint density at radius 3 is 1.84 bits per heavy atom. The van der Waals surface area contributed by atoms with Gasteiger partial charge >= 0.3 is 5.97 Å². The first kappa shape index (κ1) is 29.7. The fourth-order valence-electron chi connectivity index (χ4n) is 3.27. The molecular formula is C24H44O7. The highest BCUT2D eigenvalue weighted by molar-refractivity contribution is 5.87. The van der Waals surface area contributed by atoms with Gasteiger partial charge in [0, 0.05) is 6.42 Å². The molecule has 7 heteroatoms. The SMILES string of the molecule is CCCCCCCC/C=C\CCCCCCCC(=O)O[C@H](C(=O)CO)[C@H](O)[C@@H](O)CO. The number of hydrogen-bond acceptors (Lipinski definition) is 7.